The molecule has 6 nitrogen and oxygen atoms in total. The Labute approximate surface area is 184 Å². The second-order valence-corrected chi connectivity index (χ2v) is 8.12. The van der Waals surface area contributed by atoms with Gasteiger partial charge in [-0.3, -0.25) is 4.90 Å². The van der Waals surface area contributed by atoms with Gasteiger partial charge in [-0.1, -0.05) is 36.3 Å². The van der Waals surface area contributed by atoms with E-state index in [9.17, 15) is 9.18 Å². The Bertz CT molecular complexity index is 1130. The average Bonchev–Trinajstić information content (AvgIpc) is 3.26. The van der Waals surface area contributed by atoms with E-state index < -0.39 is 6.04 Å². The van der Waals surface area contributed by atoms with Gasteiger partial charge < -0.3 is 9.84 Å². The summed E-state index contributed by atoms with van der Waals surface area (Å²) in [6.07, 6.45) is 2.82. The van der Waals surface area contributed by atoms with Crippen LogP contribution in [-0.2, 0) is 0 Å². The summed E-state index contributed by atoms with van der Waals surface area (Å²) >= 11 is 1.65. The number of nitrogens with one attached hydrogen (secondary N) is 1. The highest BCUT2D eigenvalue weighted by Gasteiger charge is 2.35. The minimum atomic E-state index is -0.433. The van der Waals surface area contributed by atoms with Crippen LogP contribution in [0, 0.1) is 5.82 Å². The Kier molecular flexibility index (Phi) is 6.08. The van der Waals surface area contributed by atoms with E-state index >= 15 is 0 Å². The van der Waals surface area contributed by atoms with E-state index in [2.05, 4.69) is 15.5 Å². The number of nitrogens with zero attached hydrogens (tertiary/aromatic N) is 3. The summed E-state index contributed by atoms with van der Waals surface area (Å²) in [7, 11) is 0. The average molecular weight is 439 g/mol. The van der Waals surface area contributed by atoms with Crippen molar-refractivity contribution in [3.8, 4) is 11.4 Å². The van der Waals surface area contributed by atoms with Gasteiger partial charge in [0.05, 0.1) is 11.6 Å². The summed E-state index contributed by atoms with van der Waals surface area (Å²) in [6, 6.07) is 13.5. The maximum atomic E-state index is 13.6. The smallest absolute Gasteiger partial charge is 0.322 e. The fourth-order valence-corrected chi connectivity index (χ4v) is 4.08. The number of allylic oxidation sites excluding steroid dienone is 1. The van der Waals surface area contributed by atoms with E-state index in [1.807, 2.05) is 44.4 Å². The minimum Gasteiger partial charge on any atom is -0.334 e. The Hall–Kier alpha value is -3.13. The summed E-state index contributed by atoms with van der Waals surface area (Å²) in [5.41, 5.74) is 2.95. The lowest BCUT2D eigenvalue weighted by Crippen LogP contribution is -2.46. The molecule has 1 aliphatic rings. The molecule has 160 valence electrons. The van der Waals surface area contributed by atoms with Crippen molar-refractivity contribution in [3.05, 3.63) is 71.5 Å². The van der Waals surface area contributed by atoms with Crippen LogP contribution in [0.2, 0.25) is 0 Å². The predicted molar refractivity (Wildman–Crippen MR) is 119 cm³/mol. The normalized spacial score (nSPS) is 16.6. The van der Waals surface area contributed by atoms with Crippen LogP contribution in [-0.4, -0.2) is 33.9 Å². The molecule has 1 unspecified atom stereocenters. The molecule has 0 saturated heterocycles. The fourth-order valence-electron chi connectivity index (χ4n) is 3.68. The molecule has 0 aliphatic carbocycles. The largest absolute Gasteiger partial charge is 0.334 e. The molecule has 1 aliphatic heterocycles. The van der Waals surface area contributed by atoms with Crippen LogP contribution in [0.4, 0.5) is 9.18 Å². The molecule has 2 heterocycles. The van der Waals surface area contributed by atoms with Gasteiger partial charge in [0.1, 0.15) is 5.82 Å². The number of amides is 2. The van der Waals surface area contributed by atoms with E-state index in [0.29, 0.717) is 23.8 Å². The molecule has 4 rings (SSSR count). The summed E-state index contributed by atoms with van der Waals surface area (Å²) in [4.78, 5) is 20.2. The highest BCUT2D eigenvalue weighted by Crippen LogP contribution is 2.37. The van der Waals surface area contributed by atoms with Crippen LogP contribution < -0.4 is 5.32 Å². The molecular formula is C23H23FN4O2S. The highest BCUT2D eigenvalue weighted by molar-refractivity contribution is 7.98. The molecule has 2 aromatic carbocycles. The summed E-state index contributed by atoms with van der Waals surface area (Å²) in [5, 5.41) is 7.14. The van der Waals surface area contributed by atoms with Crippen molar-refractivity contribution in [3.63, 3.8) is 0 Å². The number of carbonyl (C=O) groups is 1. The summed E-state index contributed by atoms with van der Waals surface area (Å²) in [5.74, 6) is 0.229. The van der Waals surface area contributed by atoms with Gasteiger partial charge in [-0.25, -0.2) is 9.18 Å². The maximum Gasteiger partial charge on any atom is 0.322 e. The molecule has 31 heavy (non-hydrogen) atoms. The SMILES string of the molecule is CCCN1C(=O)NC(c2ccc(SC)cc2)C(c2nc(-c3cccc(F)c3)no2)=C1C. The molecule has 0 saturated carbocycles. The Morgan fingerprint density at radius 2 is 2.00 bits per heavy atom. The molecule has 0 spiro atoms. The molecule has 1 N–H and O–H groups in total. The standard InChI is InChI=1S/C23H23FN4O2S/c1-4-12-28-14(2)19(20(25-23(28)29)15-8-10-18(31-3)11-9-15)22-26-21(27-30-22)16-6-5-7-17(24)13-16/h5-11,13,20H,4,12H2,1-3H3,(H,25,29). The van der Waals surface area contributed by atoms with Gasteiger partial charge in [0.2, 0.25) is 5.82 Å². The first-order valence-corrected chi connectivity index (χ1v) is 11.3. The topological polar surface area (TPSA) is 71.3 Å². The van der Waals surface area contributed by atoms with Gasteiger partial charge >= 0.3 is 6.03 Å². The van der Waals surface area contributed by atoms with Gasteiger partial charge in [-0.15, -0.1) is 11.8 Å². The minimum absolute atomic E-state index is 0.160. The number of halogens is 1. The Morgan fingerprint density at radius 3 is 2.68 bits per heavy atom. The van der Waals surface area contributed by atoms with E-state index in [-0.39, 0.29) is 11.8 Å². The Balaban J connectivity index is 1.80. The van der Waals surface area contributed by atoms with Crippen LogP contribution >= 0.6 is 11.8 Å². The number of rotatable bonds is 6. The van der Waals surface area contributed by atoms with Crippen LogP contribution in [0.1, 0.15) is 37.8 Å². The molecule has 0 bridgehead atoms. The Morgan fingerprint density at radius 1 is 1.23 bits per heavy atom. The van der Waals surface area contributed by atoms with Crippen LogP contribution in [0.15, 0.2) is 63.6 Å². The van der Waals surface area contributed by atoms with E-state index in [0.717, 1.165) is 28.1 Å². The molecule has 1 atom stereocenters. The lowest BCUT2D eigenvalue weighted by atomic mass is 9.94. The van der Waals surface area contributed by atoms with Crippen molar-refractivity contribution in [2.45, 2.75) is 31.2 Å². The first-order valence-electron chi connectivity index (χ1n) is 10.0. The summed E-state index contributed by atoms with van der Waals surface area (Å²) in [6.45, 7) is 4.48. The highest BCUT2D eigenvalue weighted by atomic mass is 32.2. The second-order valence-electron chi connectivity index (χ2n) is 7.24. The maximum absolute atomic E-state index is 13.6. The van der Waals surface area contributed by atoms with Crippen molar-refractivity contribution in [2.24, 2.45) is 0 Å². The van der Waals surface area contributed by atoms with Crippen LogP contribution in [0.3, 0.4) is 0 Å². The quantitative estimate of drug-likeness (QED) is 0.514. The first-order chi connectivity index (χ1) is 15.0. The van der Waals surface area contributed by atoms with E-state index in [1.165, 1.54) is 12.1 Å². The number of carbonyl (C=O) groups excluding carboxylic acids is 1. The lowest BCUT2D eigenvalue weighted by Gasteiger charge is -2.35. The van der Waals surface area contributed by atoms with Crippen molar-refractivity contribution < 1.29 is 13.7 Å². The molecule has 3 aromatic rings. The summed E-state index contributed by atoms with van der Waals surface area (Å²) < 4.78 is 19.3. The van der Waals surface area contributed by atoms with Gasteiger partial charge in [0, 0.05) is 22.7 Å². The first kappa shape index (κ1) is 21.1. The molecule has 0 radical (unpaired) electrons. The van der Waals surface area contributed by atoms with Crippen LogP contribution in [0.25, 0.3) is 17.0 Å². The van der Waals surface area contributed by atoms with Gasteiger partial charge in [-0.2, -0.15) is 4.98 Å². The van der Waals surface area contributed by atoms with Gasteiger partial charge in [-0.05, 0) is 49.4 Å². The van der Waals surface area contributed by atoms with Crippen LogP contribution in [0.5, 0.6) is 0 Å². The van der Waals surface area contributed by atoms with E-state index in [1.54, 1.807) is 28.8 Å². The van der Waals surface area contributed by atoms with Crippen molar-refractivity contribution >= 4 is 23.4 Å². The molecule has 0 fully saturated rings. The van der Waals surface area contributed by atoms with Crippen molar-refractivity contribution in [1.82, 2.24) is 20.4 Å². The molecule has 8 heteroatoms. The third kappa shape index (κ3) is 4.20. The van der Waals surface area contributed by atoms with Gasteiger partial charge in [0.15, 0.2) is 0 Å². The number of thioether (sulfide) groups is 1. The lowest BCUT2D eigenvalue weighted by molar-refractivity contribution is 0.205. The van der Waals surface area contributed by atoms with E-state index in [4.69, 9.17) is 4.52 Å². The number of hydrogen-bond donors (Lipinski definition) is 1. The third-order valence-electron chi connectivity index (χ3n) is 5.23. The van der Waals surface area contributed by atoms with Gasteiger partial charge in [0.25, 0.3) is 5.89 Å². The third-order valence-corrected chi connectivity index (χ3v) is 5.98. The number of aromatic nitrogens is 2. The molecular weight excluding hydrogens is 415 g/mol. The molecule has 2 amide bonds. The number of hydrogen-bond acceptors (Lipinski definition) is 5. The monoisotopic (exact) mass is 438 g/mol. The zero-order valence-corrected chi connectivity index (χ0v) is 18.4. The molecule has 1 aromatic heterocycles. The van der Waals surface area contributed by atoms with Crippen molar-refractivity contribution in [2.75, 3.05) is 12.8 Å². The predicted octanol–water partition coefficient (Wildman–Crippen LogP) is 5.51. The number of benzene rings is 2. The zero-order valence-electron chi connectivity index (χ0n) is 17.6. The fraction of sp³-hybridized carbons (Fsp3) is 0.261. The number of urea groups is 1. The van der Waals surface area contributed by atoms with Crippen molar-refractivity contribution in [1.29, 1.82) is 0 Å². The zero-order chi connectivity index (χ0) is 22.0. The second kappa shape index (κ2) is 8.93.